The van der Waals surface area contributed by atoms with Gasteiger partial charge in [0.1, 0.15) is 0 Å². The van der Waals surface area contributed by atoms with E-state index >= 15 is 0 Å². The predicted octanol–water partition coefficient (Wildman–Crippen LogP) is 2.08. The molecule has 1 aromatic carbocycles. The fourth-order valence-electron chi connectivity index (χ4n) is 1.75. The van der Waals surface area contributed by atoms with Gasteiger partial charge in [-0.15, -0.1) is 0 Å². The van der Waals surface area contributed by atoms with Crippen LogP contribution in [0.3, 0.4) is 0 Å². The molecule has 4 nitrogen and oxygen atoms in total. The van der Waals surface area contributed by atoms with Crippen molar-refractivity contribution in [3.63, 3.8) is 0 Å². The van der Waals surface area contributed by atoms with E-state index in [9.17, 15) is 8.42 Å². The number of nitrogen functional groups attached to an aromatic ring is 1. The van der Waals surface area contributed by atoms with Crippen molar-refractivity contribution in [1.29, 1.82) is 0 Å². The summed E-state index contributed by atoms with van der Waals surface area (Å²) in [6.45, 7) is 9.46. The number of nitrogens with zero attached hydrogens (tertiary/aromatic N) is 1. The summed E-state index contributed by atoms with van der Waals surface area (Å²) in [5, 5.41) is 0. The van der Waals surface area contributed by atoms with Crippen molar-refractivity contribution >= 4 is 15.7 Å². The molecule has 100 valence electrons. The maximum atomic E-state index is 12.4. The van der Waals surface area contributed by atoms with E-state index in [1.165, 1.54) is 10.4 Å². The third-order valence-electron chi connectivity index (χ3n) is 2.82. The number of hydrogen-bond donors (Lipinski definition) is 1. The van der Waals surface area contributed by atoms with Gasteiger partial charge in [-0.05, 0) is 44.0 Å². The minimum Gasteiger partial charge on any atom is -0.399 e. The summed E-state index contributed by atoms with van der Waals surface area (Å²) < 4.78 is 26.1. The van der Waals surface area contributed by atoms with Crippen molar-refractivity contribution in [2.75, 3.05) is 19.3 Å². The molecule has 0 amide bonds. The summed E-state index contributed by atoms with van der Waals surface area (Å²) in [6.07, 6.45) is 0. The molecule has 1 rings (SSSR count). The van der Waals surface area contributed by atoms with Crippen molar-refractivity contribution in [2.45, 2.75) is 25.7 Å². The van der Waals surface area contributed by atoms with E-state index in [4.69, 9.17) is 5.73 Å². The van der Waals surface area contributed by atoms with Gasteiger partial charge < -0.3 is 5.73 Å². The van der Waals surface area contributed by atoms with E-state index in [2.05, 4.69) is 6.58 Å². The van der Waals surface area contributed by atoms with Gasteiger partial charge in [-0.25, -0.2) is 8.42 Å². The molecule has 0 fully saturated rings. The van der Waals surface area contributed by atoms with Crippen molar-refractivity contribution in [3.8, 4) is 0 Å². The Kier molecular flexibility index (Phi) is 4.19. The second-order valence-electron chi connectivity index (χ2n) is 4.68. The first-order valence-electron chi connectivity index (χ1n) is 5.63. The first-order chi connectivity index (χ1) is 8.16. The third kappa shape index (κ3) is 2.91. The van der Waals surface area contributed by atoms with E-state index in [0.29, 0.717) is 12.2 Å². The molecule has 0 aliphatic rings. The minimum absolute atomic E-state index is 0.267. The second kappa shape index (κ2) is 5.12. The zero-order valence-electron chi connectivity index (χ0n) is 11.3. The standard InChI is InChI=1S/C13H20N2O2S/c1-9(2)8-15(5)18(16,17)13-7-12(14)6-10(3)11(13)4/h6-7H,1,8,14H2,2-5H3. The van der Waals surface area contributed by atoms with E-state index < -0.39 is 10.0 Å². The number of aryl methyl sites for hydroxylation is 1. The Morgan fingerprint density at radius 2 is 1.94 bits per heavy atom. The number of anilines is 1. The van der Waals surface area contributed by atoms with Gasteiger partial charge in [-0.1, -0.05) is 12.2 Å². The van der Waals surface area contributed by atoms with Crippen LogP contribution in [-0.4, -0.2) is 26.3 Å². The molecule has 18 heavy (non-hydrogen) atoms. The van der Waals surface area contributed by atoms with E-state index in [0.717, 1.165) is 16.7 Å². The number of nitrogens with two attached hydrogens (primary N) is 1. The smallest absolute Gasteiger partial charge is 0.243 e. The molecule has 0 aliphatic heterocycles. The molecule has 5 heteroatoms. The molecule has 0 unspecified atom stereocenters. The largest absolute Gasteiger partial charge is 0.399 e. The maximum Gasteiger partial charge on any atom is 0.243 e. The van der Waals surface area contributed by atoms with Crippen LogP contribution in [0.4, 0.5) is 5.69 Å². The van der Waals surface area contributed by atoms with E-state index in [1.807, 2.05) is 6.92 Å². The SMILES string of the molecule is C=C(C)CN(C)S(=O)(=O)c1cc(N)cc(C)c1C. The molecule has 1 aromatic rings. The molecule has 0 heterocycles. The highest BCUT2D eigenvalue weighted by Gasteiger charge is 2.23. The molecular weight excluding hydrogens is 248 g/mol. The highest BCUT2D eigenvalue weighted by atomic mass is 32.2. The number of benzene rings is 1. The molecule has 0 bridgehead atoms. The lowest BCUT2D eigenvalue weighted by molar-refractivity contribution is 0.492. The lowest BCUT2D eigenvalue weighted by atomic mass is 10.1. The van der Waals surface area contributed by atoms with Crippen molar-refractivity contribution in [1.82, 2.24) is 4.31 Å². The highest BCUT2D eigenvalue weighted by Crippen LogP contribution is 2.25. The summed E-state index contributed by atoms with van der Waals surface area (Å²) in [4.78, 5) is 0.267. The summed E-state index contributed by atoms with van der Waals surface area (Å²) >= 11 is 0. The Morgan fingerprint density at radius 1 is 1.39 bits per heavy atom. The summed E-state index contributed by atoms with van der Waals surface area (Å²) in [6, 6.07) is 3.28. The summed E-state index contributed by atoms with van der Waals surface area (Å²) in [7, 11) is -1.97. The van der Waals surface area contributed by atoms with Gasteiger partial charge in [-0.3, -0.25) is 0 Å². The van der Waals surface area contributed by atoms with Crippen LogP contribution in [0.2, 0.25) is 0 Å². The minimum atomic E-state index is -3.52. The van der Waals surface area contributed by atoms with Gasteiger partial charge in [0.05, 0.1) is 4.90 Å². The van der Waals surface area contributed by atoms with Crippen LogP contribution in [0.15, 0.2) is 29.2 Å². The van der Waals surface area contributed by atoms with E-state index in [1.54, 1.807) is 27.0 Å². The Morgan fingerprint density at radius 3 is 2.44 bits per heavy atom. The van der Waals surface area contributed by atoms with Crippen LogP contribution in [0.1, 0.15) is 18.1 Å². The molecule has 0 saturated heterocycles. The number of hydrogen-bond acceptors (Lipinski definition) is 3. The van der Waals surface area contributed by atoms with Gasteiger partial charge in [0.15, 0.2) is 0 Å². The van der Waals surface area contributed by atoms with Crippen LogP contribution < -0.4 is 5.73 Å². The molecule has 0 radical (unpaired) electrons. The molecule has 2 N–H and O–H groups in total. The first kappa shape index (κ1) is 14.7. The Bertz CT molecular complexity index is 577. The fourth-order valence-corrected chi connectivity index (χ4v) is 3.31. The van der Waals surface area contributed by atoms with Gasteiger partial charge in [-0.2, -0.15) is 4.31 Å². The predicted molar refractivity (Wildman–Crippen MR) is 75.0 cm³/mol. The zero-order valence-corrected chi connectivity index (χ0v) is 12.1. The van der Waals surface area contributed by atoms with Gasteiger partial charge in [0, 0.05) is 19.3 Å². The Labute approximate surface area is 109 Å². The number of likely N-dealkylation sites (N-methyl/N-ethyl adjacent to an activating group) is 1. The molecule has 0 aliphatic carbocycles. The molecule has 0 atom stereocenters. The number of rotatable bonds is 4. The van der Waals surface area contributed by atoms with Crippen LogP contribution >= 0.6 is 0 Å². The van der Waals surface area contributed by atoms with E-state index in [-0.39, 0.29) is 4.90 Å². The Hall–Kier alpha value is -1.33. The van der Waals surface area contributed by atoms with Crippen LogP contribution in [0.5, 0.6) is 0 Å². The monoisotopic (exact) mass is 268 g/mol. The van der Waals surface area contributed by atoms with Gasteiger partial charge in [0.2, 0.25) is 10.0 Å². The first-order valence-corrected chi connectivity index (χ1v) is 7.07. The fraction of sp³-hybridized carbons (Fsp3) is 0.385. The lowest BCUT2D eigenvalue weighted by Gasteiger charge is -2.19. The zero-order chi connectivity index (χ0) is 14.1. The molecule has 0 spiro atoms. The van der Waals surface area contributed by atoms with Gasteiger partial charge in [0.25, 0.3) is 0 Å². The molecule has 0 aromatic heterocycles. The van der Waals surface area contributed by atoms with Crippen LogP contribution in [-0.2, 0) is 10.0 Å². The summed E-state index contributed by atoms with van der Waals surface area (Å²) in [5.41, 5.74) is 8.58. The van der Waals surface area contributed by atoms with Crippen LogP contribution in [0, 0.1) is 13.8 Å². The average molecular weight is 268 g/mol. The lowest BCUT2D eigenvalue weighted by Crippen LogP contribution is -2.29. The van der Waals surface area contributed by atoms with Crippen molar-refractivity contribution < 1.29 is 8.42 Å². The number of sulfonamides is 1. The maximum absolute atomic E-state index is 12.4. The normalized spacial score (nSPS) is 11.8. The topological polar surface area (TPSA) is 63.4 Å². The Balaban J connectivity index is 3.33. The average Bonchev–Trinajstić information content (AvgIpc) is 2.22. The highest BCUT2D eigenvalue weighted by molar-refractivity contribution is 7.89. The van der Waals surface area contributed by atoms with Crippen molar-refractivity contribution in [2.24, 2.45) is 0 Å². The second-order valence-corrected chi connectivity index (χ2v) is 6.69. The van der Waals surface area contributed by atoms with Gasteiger partial charge >= 0.3 is 0 Å². The van der Waals surface area contributed by atoms with Crippen LogP contribution in [0.25, 0.3) is 0 Å². The summed E-state index contributed by atoms with van der Waals surface area (Å²) in [5.74, 6) is 0. The molecular formula is C13H20N2O2S. The van der Waals surface area contributed by atoms with Crippen molar-refractivity contribution in [3.05, 3.63) is 35.4 Å². The molecule has 0 saturated carbocycles. The third-order valence-corrected chi connectivity index (χ3v) is 4.75. The quantitative estimate of drug-likeness (QED) is 0.671.